The van der Waals surface area contributed by atoms with E-state index in [1.165, 1.54) is 0 Å². The maximum absolute atomic E-state index is 13.6. The minimum Gasteiger partial charge on any atom is -0.381 e. The van der Waals surface area contributed by atoms with Crippen molar-refractivity contribution in [3.8, 4) is 0 Å². The molecule has 2 fully saturated rings. The van der Waals surface area contributed by atoms with E-state index in [1.54, 1.807) is 5.32 Å². The number of fused-ring (bicyclic) bond motifs is 1. The lowest BCUT2D eigenvalue weighted by molar-refractivity contribution is -0.136. The molecule has 33 heavy (non-hydrogen) atoms. The molecule has 3 amide bonds. The van der Waals surface area contributed by atoms with Gasteiger partial charge in [0.25, 0.3) is 5.91 Å². The van der Waals surface area contributed by atoms with Gasteiger partial charge in [-0.15, -0.1) is 0 Å². The molecule has 1 unspecified atom stereocenters. The molecule has 1 atom stereocenters. The van der Waals surface area contributed by atoms with E-state index >= 15 is 0 Å². The lowest BCUT2D eigenvalue weighted by Gasteiger charge is -2.29. The van der Waals surface area contributed by atoms with Crippen LogP contribution in [0.2, 0.25) is 0 Å². The van der Waals surface area contributed by atoms with Gasteiger partial charge >= 0.3 is 0 Å². The van der Waals surface area contributed by atoms with Gasteiger partial charge in [-0.3, -0.25) is 24.6 Å². The van der Waals surface area contributed by atoms with Crippen LogP contribution in [0, 0.1) is 0 Å². The van der Waals surface area contributed by atoms with Gasteiger partial charge in [-0.1, -0.05) is 30.3 Å². The maximum Gasteiger partial charge on any atom is 0.255 e. The number of nitrogens with one attached hydrogen (secondary N) is 2. The molecular formula is C25H28N4O4. The molecule has 3 aliphatic rings. The molecule has 0 aromatic heterocycles. The molecule has 0 bridgehead atoms. The van der Waals surface area contributed by atoms with Crippen LogP contribution in [0.5, 0.6) is 0 Å². The predicted octanol–water partition coefficient (Wildman–Crippen LogP) is 1.89. The van der Waals surface area contributed by atoms with E-state index in [4.69, 9.17) is 15.7 Å². The molecule has 172 valence electrons. The normalized spacial score (nSPS) is 29.9. The van der Waals surface area contributed by atoms with Crippen molar-refractivity contribution in [2.75, 3.05) is 31.6 Å². The maximum atomic E-state index is 13.6. The fourth-order valence-corrected chi connectivity index (χ4v) is 4.09. The third-order valence-electron chi connectivity index (χ3n) is 5.83. The first-order valence-corrected chi connectivity index (χ1v) is 10.6. The zero-order valence-corrected chi connectivity index (χ0v) is 17.8. The van der Waals surface area contributed by atoms with E-state index in [-0.39, 0.29) is 23.4 Å². The fourth-order valence-electron chi connectivity index (χ4n) is 4.09. The number of carbonyl (C=O) groups is 3. The molecule has 5 rings (SSSR count). The van der Waals surface area contributed by atoms with Gasteiger partial charge in [-0.25, -0.2) is 0 Å². The Balaban J connectivity index is 1.50. The van der Waals surface area contributed by atoms with Crippen LogP contribution < -0.4 is 10.6 Å². The lowest BCUT2D eigenvalue weighted by atomic mass is 10.0. The number of rotatable bonds is 6. The predicted molar refractivity (Wildman–Crippen MR) is 122 cm³/mol. The summed E-state index contributed by atoms with van der Waals surface area (Å²) in [5.41, 5.74) is 1.52. The van der Waals surface area contributed by atoms with E-state index in [0.717, 1.165) is 24.2 Å². The van der Waals surface area contributed by atoms with E-state index in [9.17, 15) is 14.4 Å². The van der Waals surface area contributed by atoms with Crippen molar-refractivity contribution < 1.29 is 30.1 Å². The molecule has 0 saturated carbocycles. The molecule has 2 aromatic rings. The van der Waals surface area contributed by atoms with Gasteiger partial charge in [-0.05, 0) is 29.6 Å². The summed E-state index contributed by atoms with van der Waals surface area (Å²) in [6.07, 6.45) is -6.81. The van der Waals surface area contributed by atoms with Gasteiger partial charge in [0.2, 0.25) is 11.8 Å². The van der Waals surface area contributed by atoms with Gasteiger partial charge in [0.1, 0.15) is 6.02 Å². The molecule has 0 radical (unpaired) electrons. The van der Waals surface area contributed by atoms with E-state index < -0.39 is 61.2 Å². The summed E-state index contributed by atoms with van der Waals surface area (Å²) < 4.78 is 71.9. The number of morpholine rings is 1. The molecular weight excluding hydrogens is 420 g/mol. The van der Waals surface area contributed by atoms with Gasteiger partial charge in [0, 0.05) is 61.4 Å². The van der Waals surface area contributed by atoms with E-state index in [2.05, 4.69) is 10.2 Å². The second-order valence-corrected chi connectivity index (χ2v) is 7.89. The molecule has 2 N–H and O–H groups in total. The number of benzene rings is 2. The Bertz CT molecular complexity index is 1450. The summed E-state index contributed by atoms with van der Waals surface area (Å²) in [7, 11) is 0. The molecule has 8 nitrogen and oxygen atoms in total. The first-order chi connectivity index (χ1) is 19.2. The Morgan fingerprint density at radius 1 is 1.18 bits per heavy atom. The van der Waals surface area contributed by atoms with Crippen LogP contribution >= 0.6 is 0 Å². The Labute approximate surface area is 204 Å². The second kappa shape index (κ2) is 9.33. The number of amides is 3. The summed E-state index contributed by atoms with van der Waals surface area (Å²) in [6, 6.07) is 2.79. The van der Waals surface area contributed by atoms with Crippen molar-refractivity contribution in [1.29, 1.82) is 0 Å². The summed E-state index contributed by atoms with van der Waals surface area (Å²) >= 11 is 0. The first-order valence-electron chi connectivity index (χ1n) is 14.6. The molecule has 3 heterocycles. The Kier molecular flexibility index (Phi) is 3.99. The zero-order valence-electron chi connectivity index (χ0n) is 25.8. The number of imide groups is 1. The van der Waals surface area contributed by atoms with Crippen LogP contribution in [0.4, 0.5) is 5.69 Å². The summed E-state index contributed by atoms with van der Waals surface area (Å²) in [5.74, 6) is -4.24. The lowest BCUT2D eigenvalue weighted by Crippen LogP contribution is -2.52. The molecule has 3 aliphatic heterocycles. The fraction of sp³-hybridized carbons (Fsp3) is 0.400. The van der Waals surface area contributed by atoms with Crippen molar-refractivity contribution >= 4 is 23.4 Å². The van der Waals surface area contributed by atoms with Crippen LogP contribution in [0.15, 0.2) is 42.4 Å². The van der Waals surface area contributed by atoms with Gasteiger partial charge in [-0.2, -0.15) is 0 Å². The third-order valence-corrected chi connectivity index (χ3v) is 5.83. The highest BCUT2D eigenvalue weighted by atomic mass is 16.5. The average Bonchev–Trinajstić information content (AvgIpc) is 3.28. The standard InChI is InChI=1S/C25H28N4O4/c30-23-9-8-22(24(31)27-23)29-16-20-19(25(29)32)6-3-7-21(20)26-14-17-4-1-2-5-18(17)15-28-10-12-33-13-11-28/h1-7,22,26H,8-16H2,(H,27,30,31)/i3D,6D,7D,8D2,9D2,22D. The topological polar surface area (TPSA) is 91.0 Å². The molecule has 0 aliphatic carbocycles. The number of nitrogens with zero attached hydrogens (tertiary/aromatic N) is 2. The summed E-state index contributed by atoms with van der Waals surface area (Å²) in [6.45, 7) is 3.02. The highest BCUT2D eigenvalue weighted by molar-refractivity contribution is 6.06. The number of piperidine rings is 1. The number of hydrogen-bond acceptors (Lipinski definition) is 6. The van der Waals surface area contributed by atoms with Crippen LogP contribution in [-0.4, -0.2) is 59.8 Å². The number of ether oxygens (including phenoxy) is 1. The summed E-state index contributed by atoms with van der Waals surface area (Å²) in [5, 5.41) is 4.75. The number of anilines is 1. The second-order valence-electron chi connectivity index (χ2n) is 7.89. The van der Waals surface area contributed by atoms with Crippen molar-refractivity contribution in [1.82, 2.24) is 15.1 Å². The number of hydrogen-bond donors (Lipinski definition) is 2. The Morgan fingerprint density at radius 2 is 1.97 bits per heavy atom. The molecule has 0 spiro atoms. The highest BCUT2D eigenvalue weighted by Gasteiger charge is 2.39. The van der Waals surface area contributed by atoms with Gasteiger partial charge in [0.05, 0.1) is 18.7 Å². The van der Waals surface area contributed by atoms with Crippen molar-refractivity contribution in [2.24, 2.45) is 0 Å². The third kappa shape index (κ3) is 4.49. The molecule has 2 saturated heterocycles. The van der Waals surface area contributed by atoms with E-state index in [0.29, 0.717) is 24.7 Å². The number of carbonyl (C=O) groups excluding carboxylic acids is 3. The smallest absolute Gasteiger partial charge is 0.255 e. The largest absolute Gasteiger partial charge is 0.381 e. The van der Waals surface area contributed by atoms with Crippen molar-refractivity contribution in [2.45, 2.75) is 38.4 Å². The van der Waals surface area contributed by atoms with Crippen LogP contribution in [0.1, 0.15) is 50.8 Å². The Hall–Kier alpha value is -3.23. The van der Waals surface area contributed by atoms with Crippen molar-refractivity contribution in [3.63, 3.8) is 0 Å². The van der Waals surface area contributed by atoms with E-state index in [1.807, 2.05) is 24.3 Å². The van der Waals surface area contributed by atoms with Crippen LogP contribution in [0.25, 0.3) is 0 Å². The summed E-state index contributed by atoms with van der Waals surface area (Å²) in [4.78, 5) is 41.2. The average molecular weight is 457 g/mol. The monoisotopic (exact) mass is 456 g/mol. The van der Waals surface area contributed by atoms with Gasteiger partial charge in [0.15, 0.2) is 0 Å². The van der Waals surface area contributed by atoms with Gasteiger partial charge < -0.3 is 15.0 Å². The van der Waals surface area contributed by atoms with Crippen LogP contribution in [0.3, 0.4) is 0 Å². The quantitative estimate of drug-likeness (QED) is 0.645. The Morgan fingerprint density at radius 3 is 2.79 bits per heavy atom. The molecule has 2 aromatic carbocycles. The minimum atomic E-state index is -3.47. The minimum absolute atomic E-state index is 0.0116. The molecule has 8 heteroatoms. The van der Waals surface area contributed by atoms with Crippen molar-refractivity contribution in [3.05, 3.63) is 64.6 Å². The first kappa shape index (κ1) is 14.1. The van der Waals surface area contributed by atoms with Crippen LogP contribution in [-0.2, 0) is 34.0 Å². The SMILES string of the molecule is [2H]c1c([2H])c(NCc2ccccc2CN2CCOCC2)c2c(c1[2H])C(=O)N(C1([2H])C(=O)NC(=O)C([2H])([2H])C1([2H])[2H])C2. The zero-order chi connectivity index (χ0) is 29.9. The highest BCUT2D eigenvalue weighted by Crippen LogP contribution is 2.32.